The van der Waals surface area contributed by atoms with Crippen LogP contribution in [0, 0.1) is 0 Å². The molecule has 1 aromatic rings. The summed E-state index contributed by atoms with van der Waals surface area (Å²) in [7, 11) is -1.26. The van der Waals surface area contributed by atoms with Gasteiger partial charge in [0.15, 0.2) is 0 Å². The molecule has 0 aliphatic carbocycles. The summed E-state index contributed by atoms with van der Waals surface area (Å²) >= 11 is 5.74. The lowest BCUT2D eigenvalue weighted by atomic mass is 10.2. The summed E-state index contributed by atoms with van der Waals surface area (Å²) < 4.78 is 23.1. The molecule has 0 radical (unpaired) electrons. The summed E-state index contributed by atoms with van der Waals surface area (Å²) in [6.45, 7) is 0. The lowest BCUT2D eigenvalue weighted by Gasteiger charge is -2.14. The average Bonchev–Trinajstić information content (AvgIpc) is 2.27. The van der Waals surface area contributed by atoms with Crippen molar-refractivity contribution >= 4 is 27.5 Å². The number of hydrogen-bond donors (Lipinski definition) is 2. The molecule has 6 nitrogen and oxygen atoms in total. The van der Waals surface area contributed by atoms with Crippen molar-refractivity contribution in [3.8, 4) is 0 Å². The predicted octanol–water partition coefficient (Wildman–Crippen LogP) is 0.709. The zero-order valence-corrected chi connectivity index (χ0v) is 10.7. The molecule has 1 rings (SSSR count). The van der Waals surface area contributed by atoms with Crippen molar-refractivity contribution in [2.75, 3.05) is 14.1 Å². The van der Waals surface area contributed by atoms with E-state index in [1.165, 1.54) is 37.2 Å². The maximum absolute atomic E-state index is 11.8. The lowest BCUT2D eigenvalue weighted by Crippen LogP contribution is -2.27. The first-order valence-electron chi connectivity index (χ1n) is 4.47. The fraction of sp³-hybridized carbons (Fsp3) is 0.222. The normalized spacial score (nSPS) is 11.3. The van der Waals surface area contributed by atoms with Crippen LogP contribution in [0.4, 0.5) is 0 Å². The van der Waals surface area contributed by atoms with E-state index in [2.05, 4.69) is 0 Å². The fourth-order valence-corrected chi connectivity index (χ4v) is 2.58. The number of carbonyl (C=O) groups is 1. The second-order valence-corrected chi connectivity index (χ2v) is 5.42. The molecule has 94 valence electrons. The first kappa shape index (κ1) is 13.9. The molecule has 1 aromatic carbocycles. The standard InChI is InChI=1S/C9H11ClN2O4S/c1-12(2)9(13)6-4-3-5-7(10)8(6)17(15,16)11-14/h3-5,11,14H,1-2H3. The van der Waals surface area contributed by atoms with Gasteiger partial charge in [0.05, 0.1) is 10.6 Å². The van der Waals surface area contributed by atoms with Crippen LogP contribution in [0.25, 0.3) is 0 Å². The molecule has 0 aromatic heterocycles. The van der Waals surface area contributed by atoms with E-state index < -0.39 is 20.8 Å². The number of carbonyl (C=O) groups excluding carboxylic acids is 1. The SMILES string of the molecule is CN(C)C(=O)c1cccc(Cl)c1S(=O)(=O)NO. The molecule has 2 N–H and O–H groups in total. The van der Waals surface area contributed by atoms with Gasteiger partial charge in [-0.25, -0.2) is 8.42 Å². The minimum absolute atomic E-state index is 0.107. The fourth-order valence-electron chi connectivity index (χ4n) is 1.24. The smallest absolute Gasteiger partial charge is 0.264 e. The van der Waals surface area contributed by atoms with Crippen molar-refractivity contribution in [1.82, 2.24) is 9.79 Å². The highest BCUT2D eigenvalue weighted by Gasteiger charge is 2.25. The molecule has 0 saturated heterocycles. The van der Waals surface area contributed by atoms with Crippen molar-refractivity contribution in [2.45, 2.75) is 4.90 Å². The molecule has 0 atom stereocenters. The zero-order valence-electron chi connectivity index (χ0n) is 9.14. The van der Waals surface area contributed by atoms with Crippen LogP contribution in [-0.4, -0.2) is 38.5 Å². The number of rotatable bonds is 3. The molecule has 1 amide bonds. The molecule has 0 bridgehead atoms. The van der Waals surface area contributed by atoms with Crippen molar-refractivity contribution in [3.05, 3.63) is 28.8 Å². The third kappa shape index (κ3) is 2.75. The number of sulfonamides is 1. The van der Waals surface area contributed by atoms with Gasteiger partial charge >= 0.3 is 0 Å². The first-order chi connectivity index (χ1) is 7.81. The Morgan fingerprint density at radius 1 is 1.41 bits per heavy atom. The van der Waals surface area contributed by atoms with E-state index in [1.807, 2.05) is 0 Å². The highest BCUT2D eigenvalue weighted by molar-refractivity contribution is 7.89. The van der Waals surface area contributed by atoms with Gasteiger partial charge in [0, 0.05) is 14.1 Å². The molecule has 0 aliphatic rings. The summed E-state index contributed by atoms with van der Waals surface area (Å²) in [5.74, 6) is -0.527. The highest BCUT2D eigenvalue weighted by Crippen LogP contribution is 2.25. The Kier molecular flexibility index (Phi) is 4.10. The van der Waals surface area contributed by atoms with Crippen LogP contribution in [0.3, 0.4) is 0 Å². The first-order valence-corrected chi connectivity index (χ1v) is 6.33. The molecule has 0 spiro atoms. The molecule has 0 unspecified atom stereocenters. The molecule has 0 saturated carbocycles. The second kappa shape index (κ2) is 5.01. The summed E-state index contributed by atoms with van der Waals surface area (Å²) in [4.78, 5) is 13.7. The van der Waals surface area contributed by atoms with E-state index in [-0.39, 0.29) is 10.6 Å². The molecule has 17 heavy (non-hydrogen) atoms. The van der Waals surface area contributed by atoms with E-state index in [1.54, 1.807) is 0 Å². The Labute approximate surface area is 104 Å². The quantitative estimate of drug-likeness (QED) is 0.797. The van der Waals surface area contributed by atoms with E-state index in [0.717, 1.165) is 4.89 Å². The van der Waals surface area contributed by atoms with Crippen LogP contribution >= 0.6 is 11.6 Å². The van der Waals surface area contributed by atoms with Crippen molar-refractivity contribution in [3.63, 3.8) is 0 Å². The Morgan fingerprint density at radius 3 is 2.47 bits per heavy atom. The third-order valence-electron chi connectivity index (χ3n) is 1.99. The van der Waals surface area contributed by atoms with Crippen LogP contribution < -0.4 is 4.89 Å². The Bertz CT molecular complexity index is 542. The highest BCUT2D eigenvalue weighted by atomic mass is 35.5. The van der Waals surface area contributed by atoms with Gasteiger partial charge < -0.3 is 10.1 Å². The molecule has 0 heterocycles. The Hall–Kier alpha value is -1.15. The Morgan fingerprint density at radius 2 is 2.00 bits per heavy atom. The topological polar surface area (TPSA) is 86.7 Å². The van der Waals surface area contributed by atoms with Gasteiger partial charge in [0.25, 0.3) is 15.9 Å². The number of hydrogen-bond acceptors (Lipinski definition) is 4. The van der Waals surface area contributed by atoms with Crippen molar-refractivity contribution in [2.24, 2.45) is 0 Å². The third-order valence-corrected chi connectivity index (χ3v) is 3.64. The van der Waals surface area contributed by atoms with Gasteiger partial charge in [0.2, 0.25) is 0 Å². The van der Waals surface area contributed by atoms with Gasteiger partial charge in [-0.1, -0.05) is 22.6 Å². The van der Waals surface area contributed by atoms with Gasteiger partial charge in [-0.3, -0.25) is 4.79 Å². The van der Waals surface area contributed by atoms with Gasteiger partial charge in [-0.05, 0) is 12.1 Å². The second-order valence-electron chi connectivity index (χ2n) is 3.41. The van der Waals surface area contributed by atoms with Gasteiger partial charge in [-0.15, -0.1) is 0 Å². The van der Waals surface area contributed by atoms with Crippen LogP contribution in [-0.2, 0) is 10.0 Å². The number of nitrogens with zero attached hydrogens (tertiary/aromatic N) is 1. The van der Waals surface area contributed by atoms with Gasteiger partial charge in [-0.2, -0.15) is 0 Å². The van der Waals surface area contributed by atoms with Crippen LogP contribution in [0.1, 0.15) is 10.4 Å². The summed E-state index contributed by atoms with van der Waals surface area (Å²) in [5, 5.41) is 8.46. The number of halogens is 1. The minimum Gasteiger partial charge on any atom is -0.345 e. The number of amides is 1. The lowest BCUT2D eigenvalue weighted by molar-refractivity contribution is 0.0823. The Balaban J connectivity index is 3.54. The van der Waals surface area contributed by atoms with Crippen LogP contribution in [0.5, 0.6) is 0 Å². The molecule has 0 aliphatic heterocycles. The van der Waals surface area contributed by atoms with E-state index in [9.17, 15) is 13.2 Å². The predicted molar refractivity (Wildman–Crippen MR) is 61.6 cm³/mol. The van der Waals surface area contributed by atoms with Gasteiger partial charge in [0.1, 0.15) is 4.90 Å². The van der Waals surface area contributed by atoms with Crippen LogP contribution in [0.15, 0.2) is 23.1 Å². The summed E-state index contributed by atoms with van der Waals surface area (Å²) in [6, 6.07) is 4.09. The summed E-state index contributed by atoms with van der Waals surface area (Å²) in [6.07, 6.45) is 0. The van der Waals surface area contributed by atoms with Crippen molar-refractivity contribution < 1.29 is 18.4 Å². The minimum atomic E-state index is -4.21. The molecule has 0 fully saturated rings. The van der Waals surface area contributed by atoms with Crippen molar-refractivity contribution in [1.29, 1.82) is 0 Å². The molecule has 8 heteroatoms. The van der Waals surface area contributed by atoms with E-state index in [0.29, 0.717) is 0 Å². The maximum atomic E-state index is 11.8. The maximum Gasteiger partial charge on any atom is 0.264 e. The zero-order chi connectivity index (χ0) is 13.2. The molecular weight excluding hydrogens is 268 g/mol. The van der Waals surface area contributed by atoms with E-state index >= 15 is 0 Å². The largest absolute Gasteiger partial charge is 0.345 e. The molecular formula is C9H11ClN2O4S. The summed E-state index contributed by atoms with van der Waals surface area (Å²) in [5.41, 5.74) is -0.107. The number of benzene rings is 1. The monoisotopic (exact) mass is 278 g/mol. The van der Waals surface area contributed by atoms with E-state index in [4.69, 9.17) is 16.8 Å². The van der Waals surface area contributed by atoms with Crippen LogP contribution in [0.2, 0.25) is 5.02 Å². The number of nitrogens with one attached hydrogen (secondary N) is 1. The average molecular weight is 279 g/mol.